The fraction of sp³-hybridized carbons (Fsp3) is 0.200. The lowest BCUT2D eigenvalue weighted by molar-refractivity contribution is 0.0907. The first kappa shape index (κ1) is 16.7. The molecule has 0 aliphatic carbocycles. The Kier molecular flexibility index (Phi) is 3.96. The molecule has 4 aromatic rings. The molecule has 1 N–H and O–H groups in total. The first-order chi connectivity index (χ1) is 12.4. The number of carbonyl (C=O) groups is 1. The number of rotatable bonds is 3. The summed E-state index contributed by atoms with van der Waals surface area (Å²) >= 11 is 6.19. The smallest absolute Gasteiger partial charge is 0.287 e. The van der Waals surface area contributed by atoms with Crippen LogP contribution in [0.4, 0.5) is 0 Å². The number of para-hydroxylation sites is 2. The van der Waals surface area contributed by atoms with Crippen molar-refractivity contribution in [3.05, 3.63) is 64.2 Å². The van der Waals surface area contributed by atoms with E-state index in [1.807, 2.05) is 57.2 Å². The fourth-order valence-electron chi connectivity index (χ4n) is 2.96. The normalized spacial score (nSPS) is 12.6. The average Bonchev–Trinajstić information content (AvgIpc) is 3.18. The number of aromatic nitrogens is 1. The number of halogens is 1. The van der Waals surface area contributed by atoms with E-state index < -0.39 is 6.04 Å². The minimum Gasteiger partial charge on any atom is -0.451 e. The van der Waals surface area contributed by atoms with Crippen LogP contribution in [0.25, 0.3) is 22.1 Å². The molecule has 6 heteroatoms. The van der Waals surface area contributed by atoms with Crippen LogP contribution in [0.5, 0.6) is 0 Å². The highest BCUT2D eigenvalue weighted by molar-refractivity contribution is 6.32. The topological polar surface area (TPSA) is 68.3 Å². The van der Waals surface area contributed by atoms with E-state index >= 15 is 0 Å². The third-order valence-corrected chi connectivity index (χ3v) is 4.86. The molecule has 0 spiro atoms. The number of benzene rings is 2. The SMILES string of the molecule is Cc1cc2oc(C(=O)NC(C)c3nc4ccccc4o3)c(C)c2cc1Cl. The Bertz CT molecular complexity index is 1110. The molecule has 0 fully saturated rings. The fourth-order valence-corrected chi connectivity index (χ4v) is 3.12. The number of hydrogen-bond donors (Lipinski definition) is 1. The second-order valence-electron chi connectivity index (χ2n) is 6.37. The second-order valence-corrected chi connectivity index (χ2v) is 6.78. The van der Waals surface area contributed by atoms with E-state index in [9.17, 15) is 4.79 Å². The molecule has 5 nitrogen and oxygen atoms in total. The summed E-state index contributed by atoms with van der Waals surface area (Å²) in [7, 11) is 0. The van der Waals surface area contributed by atoms with Gasteiger partial charge in [-0.3, -0.25) is 4.79 Å². The van der Waals surface area contributed by atoms with Gasteiger partial charge >= 0.3 is 0 Å². The summed E-state index contributed by atoms with van der Waals surface area (Å²) in [5, 5.41) is 4.36. The van der Waals surface area contributed by atoms with Crippen molar-refractivity contribution in [1.29, 1.82) is 0 Å². The molecule has 2 aromatic heterocycles. The van der Waals surface area contributed by atoms with Gasteiger partial charge in [0.15, 0.2) is 11.3 Å². The summed E-state index contributed by atoms with van der Waals surface area (Å²) in [6.07, 6.45) is 0. The van der Waals surface area contributed by atoms with Gasteiger partial charge in [0.2, 0.25) is 5.89 Å². The number of hydrogen-bond acceptors (Lipinski definition) is 4. The molecular weight excluding hydrogens is 352 g/mol. The number of nitrogens with one attached hydrogen (secondary N) is 1. The van der Waals surface area contributed by atoms with Crippen molar-refractivity contribution in [2.75, 3.05) is 0 Å². The molecule has 1 amide bonds. The number of amides is 1. The molecule has 0 saturated carbocycles. The van der Waals surface area contributed by atoms with Gasteiger partial charge in [0, 0.05) is 16.0 Å². The average molecular weight is 369 g/mol. The van der Waals surface area contributed by atoms with E-state index in [0.717, 1.165) is 22.0 Å². The van der Waals surface area contributed by atoms with Gasteiger partial charge in [0.05, 0.1) is 0 Å². The highest BCUT2D eigenvalue weighted by atomic mass is 35.5. The van der Waals surface area contributed by atoms with Crippen LogP contribution in [0.3, 0.4) is 0 Å². The number of oxazole rings is 1. The van der Waals surface area contributed by atoms with Crippen LogP contribution in [0, 0.1) is 13.8 Å². The standard InChI is InChI=1S/C20H17ClN2O3/c1-10-8-17-13(9-14(10)21)11(2)18(25-17)19(24)22-12(3)20-23-15-6-4-5-7-16(15)26-20/h4-9,12H,1-3H3,(H,22,24). The van der Waals surface area contributed by atoms with E-state index in [1.54, 1.807) is 0 Å². The van der Waals surface area contributed by atoms with Crippen LogP contribution in [0.2, 0.25) is 5.02 Å². The molecule has 2 aromatic carbocycles. The molecule has 0 radical (unpaired) electrons. The van der Waals surface area contributed by atoms with Gasteiger partial charge in [-0.15, -0.1) is 0 Å². The summed E-state index contributed by atoms with van der Waals surface area (Å²) in [5.74, 6) is 0.402. The number of fused-ring (bicyclic) bond motifs is 2. The number of aryl methyl sites for hydroxylation is 2. The Morgan fingerprint density at radius 1 is 1.15 bits per heavy atom. The number of furan rings is 1. The maximum Gasteiger partial charge on any atom is 0.287 e. The molecule has 0 saturated heterocycles. The van der Waals surface area contributed by atoms with Crippen molar-refractivity contribution >= 4 is 39.6 Å². The Morgan fingerprint density at radius 3 is 2.69 bits per heavy atom. The minimum atomic E-state index is -0.396. The summed E-state index contributed by atoms with van der Waals surface area (Å²) in [6.45, 7) is 5.56. The maximum absolute atomic E-state index is 12.7. The van der Waals surface area contributed by atoms with Gasteiger partial charge in [-0.05, 0) is 50.6 Å². The molecular formula is C20H17ClN2O3. The van der Waals surface area contributed by atoms with Crippen LogP contribution in [0.1, 0.15) is 40.5 Å². The van der Waals surface area contributed by atoms with E-state index in [4.69, 9.17) is 20.4 Å². The minimum absolute atomic E-state index is 0.268. The molecule has 1 unspecified atom stereocenters. The Hall–Kier alpha value is -2.79. The van der Waals surface area contributed by atoms with Crippen molar-refractivity contribution in [2.45, 2.75) is 26.8 Å². The number of nitrogens with zero attached hydrogens (tertiary/aromatic N) is 1. The maximum atomic E-state index is 12.7. The predicted molar refractivity (Wildman–Crippen MR) is 101 cm³/mol. The summed E-state index contributed by atoms with van der Waals surface area (Å²) < 4.78 is 11.5. The van der Waals surface area contributed by atoms with Gasteiger partial charge in [0.25, 0.3) is 5.91 Å². The molecule has 0 aliphatic rings. The zero-order chi connectivity index (χ0) is 18.4. The molecule has 0 bridgehead atoms. The first-order valence-electron chi connectivity index (χ1n) is 8.29. The van der Waals surface area contributed by atoms with Crippen LogP contribution in [0.15, 0.2) is 45.2 Å². The van der Waals surface area contributed by atoms with Crippen molar-refractivity contribution < 1.29 is 13.6 Å². The van der Waals surface area contributed by atoms with Gasteiger partial charge in [-0.25, -0.2) is 4.98 Å². The zero-order valence-electron chi connectivity index (χ0n) is 14.6. The Balaban J connectivity index is 1.63. The third-order valence-electron chi connectivity index (χ3n) is 4.45. The van der Waals surface area contributed by atoms with Crippen LogP contribution >= 0.6 is 11.6 Å². The quantitative estimate of drug-likeness (QED) is 0.530. The zero-order valence-corrected chi connectivity index (χ0v) is 15.3. The second kappa shape index (κ2) is 6.18. The largest absolute Gasteiger partial charge is 0.451 e. The highest BCUT2D eigenvalue weighted by Crippen LogP contribution is 2.30. The van der Waals surface area contributed by atoms with E-state index in [-0.39, 0.29) is 11.7 Å². The molecule has 26 heavy (non-hydrogen) atoms. The Morgan fingerprint density at radius 2 is 1.92 bits per heavy atom. The highest BCUT2D eigenvalue weighted by Gasteiger charge is 2.22. The summed E-state index contributed by atoms with van der Waals surface area (Å²) in [6, 6.07) is 10.8. The summed E-state index contributed by atoms with van der Waals surface area (Å²) in [5.41, 5.74) is 3.75. The van der Waals surface area contributed by atoms with Gasteiger partial charge < -0.3 is 14.2 Å². The number of carbonyl (C=O) groups excluding carboxylic acids is 1. The van der Waals surface area contributed by atoms with Gasteiger partial charge in [-0.2, -0.15) is 0 Å². The third kappa shape index (κ3) is 2.74. The Labute approximate surface area is 154 Å². The summed E-state index contributed by atoms with van der Waals surface area (Å²) in [4.78, 5) is 17.1. The van der Waals surface area contributed by atoms with Crippen molar-refractivity contribution in [1.82, 2.24) is 10.3 Å². The van der Waals surface area contributed by atoms with Crippen molar-refractivity contribution in [2.24, 2.45) is 0 Å². The molecule has 0 aliphatic heterocycles. The van der Waals surface area contributed by atoms with E-state index in [1.165, 1.54) is 0 Å². The monoisotopic (exact) mass is 368 g/mol. The first-order valence-corrected chi connectivity index (χ1v) is 8.67. The van der Waals surface area contributed by atoms with Crippen molar-refractivity contribution in [3.8, 4) is 0 Å². The molecule has 2 heterocycles. The van der Waals surface area contributed by atoms with Crippen LogP contribution in [-0.4, -0.2) is 10.9 Å². The lowest BCUT2D eigenvalue weighted by Gasteiger charge is -2.09. The molecule has 1 atom stereocenters. The van der Waals surface area contributed by atoms with Gasteiger partial charge in [0.1, 0.15) is 17.1 Å². The predicted octanol–water partition coefficient (Wildman–Crippen LogP) is 5.34. The lowest BCUT2D eigenvalue weighted by Crippen LogP contribution is -2.27. The van der Waals surface area contributed by atoms with Crippen LogP contribution in [-0.2, 0) is 0 Å². The van der Waals surface area contributed by atoms with E-state index in [2.05, 4.69) is 10.3 Å². The van der Waals surface area contributed by atoms with Crippen LogP contribution < -0.4 is 5.32 Å². The lowest BCUT2D eigenvalue weighted by atomic mass is 10.1. The molecule has 132 valence electrons. The molecule has 4 rings (SSSR count). The van der Waals surface area contributed by atoms with Gasteiger partial charge in [-0.1, -0.05) is 23.7 Å². The van der Waals surface area contributed by atoms with E-state index in [0.29, 0.717) is 22.1 Å². The van der Waals surface area contributed by atoms with Crippen molar-refractivity contribution in [3.63, 3.8) is 0 Å².